The lowest BCUT2D eigenvalue weighted by Crippen LogP contribution is -2.45. The predicted octanol–water partition coefficient (Wildman–Crippen LogP) is 5.60. The van der Waals surface area contributed by atoms with Crippen LogP contribution in [0, 0.1) is 0 Å². The van der Waals surface area contributed by atoms with Crippen molar-refractivity contribution < 1.29 is 29.3 Å². The normalized spacial score (nSPS) is 15.6. The maximum atomic E-state index is 13.0. The van der Waals surface area contributed by atoms with E-state index in [4.69, 9.17) is 9.47 Å². The number of aliphatic hydroxyl groups is 1. The second-order valence-corrected chi connectivity index (χ2v) is 11.3. The Morgan fingerprint density at radius 3 is 2.66 bits per heavy atom. The number of carboxylic acid groups (broad SMARTS) is 1. The van der Waals surface area contributed by atoms with Gasteiger partial charge in [-0.2, -0.15) is 0 Å². The van der Waals surface area contributed by atoms with Crippen LogP contribution in [0.25, 0.3) is 0 Å². The van der Waals surface area contributed by atoms with Gasteiger partial charge < -0.3 is 24.6 Å². The largest absolute Gasteiger partial charge is 0.488 e. The van der Waals surface area contributed by atoms with Crippen molar-refractivity contribution in [2.75, 3.05) is 13.1 Å². The van der Waals surface area contributed by atoms with Crippen LogP contribution in [-0.4, -0.2) is 57.0 Å². The third-order valence-corrected chi connectivity index (χ3v) is 6.90. The van der Waals surface area contributed by atoms with Crippen LogP contribution in [0.5, 0.6) is 5.75 Å². The third kappa shape index (κ3) is 7.49. The molecule has 200 valence electrons. The van der Waals surface area contributed by atoms with Crippen LogP contribution in [0.15, 0.2) is 76.8 Å². The molecular weight excluding hydrogens is 504 g/mol. The smallest absolute Gasteiger partial charge is 0.410 e. The minimum absolute atomic E-state index is 0.0539. The molecule has 0 bridgehead atoms. The molecule has 0 saturated heterocycles. The average molecular weight is 537 g/mol. The second kappa shape index (κ2) is 11.9. The highest BCUT2D eigenvalue weighted by molar-refractivity contribution is 7.99. The lowest BCUT2D eigenvalue weighted by atomic mass is 10.0. The molecule has 0 saturated carbocycles. The number of carbonyl (C=O) groups is 2. The van der Waals surface area contributed by atoms with Crippen LogP contribution in [-0.2, 0) is 11.2 Å². The first-order valence-corrected chi connectivity index (χ1v) is 13.3. The van der Waals surface area contributed by atoms with Crippen molar-refractivity contribution in [1.82, 2.24) is 9.88 Å². The first-order chi connectivity index (χ1) is 18.1. The number of hydrogen-bond donors (Lipinski definition) is 2. The quantitative estimate of drug-likeness (QED) is 0.383. The first kappa shape index (κ1) is 27.5. The molecule has 8 nitrogen and oxygen atoms in total. The van der Waals surface area contributed by atoms with Crippen molar-refractivity contribution in [1.29, 1.82) is 0 Å². The fraction of sp³-hybridized carbons (Fsp3) is 0.345. The number of pyridine rings is 1. The Morgan fingerprint density at radius 1 is 1.16 bits per heavy atom. The Balaban J connectivity index is 1.44. The number of aryl methyl sites for hydroxylation is 1. The number of ether oxygens (including phenoxy) is 2. The summed E-state index contributed by atoms with van der Waals surface area (Å²) in [6.45, 7) is 5.74. The van der Waals surface area contributed by atoms with Crippen molar-refractivity contribution in [3.05, 3.63) is 83.7 Å². The molecular formula is C29H32N2O6S. The van der Waals surface area contributed by atoms with E-state index in [9.17, 15) is 19.8 Å². The Hall–Kier alpha value is -3.56. The van der Waals surface area contributed by atoms with Gasteiger partial charge in [0, 0.05) is 27.7 Å². The summed E-state index contributed by atoms with van der Waals surface area (Å²) in [5.41, 5.74) is 1.25. The minimum Gasteiger partial charge on any atom is -0.488 e. The van der Waals surface area contributed by atoms with Gasteiger partial charge in [0.25, 0.3) is 0 Å². The number of carboxylic acids is 1. The zero-order valence-corrected chi connectivity index (χ0v) is 22.5. The van der Waals surface area contributed by atoms with Crippen molar-refractivity contribution >= 4 is 23.8 Å². The molecule has 1 aromatic heterocycles. The number of amides is 1. The average Bonchev–Trinajstić information content (AvgIpc) is 2.88. The van der Waals surface area contributed by atoms with Crippen LogP contribution in [0.2, 0.25) is 0 Å². The SMILES string of the molecule is CC(C)(C)OC(=O)N(C[C@H]1CCc2cc(Sc3cccc(C(=O)O)c3)ccc2O1)C[C@H](O)c1cccnc1. The van der Waals surface area contributed by atoms with Crippen molar-refractivity contribution in [2.45, 2.75) is 61.2 Å². The number of aliphatic hydroxyl groups excluding tert-OH is 1. The Labute approximate surface area is 226 Å². The molecule has 2 atom stereocenters. The highest BCUT2D eigenvalue weighted by Crippen LogP contribution is 2.35. The molecule has 1 aliphatic rings. The van der Waals surface area contributed by atoms with Gasteiger partial charge in [0.2, 0.25) is 0 Å². The van der Waals surface area contributed by atoms with Gasteiger partial charge in [-0.1, -0.05) is 23.9 Å². The number of aromatic carboxylic acids is 1. The molecule has 9 heteroatoms. The number of benzene rings is 2. The number of nitrogens with zero attached hydrogens (tertiary/aromatic N) is 2. The summed E-state index contributed by atoms with van der Waals surface area (Å²) < 4.78 is 11.9. The number of aromatic nitrogens is 1. The van der Waals surface area contributed by atoms with Crippen LogP contribution in [0.1, 0.15) is 54.8 Å². The Morgan fingerprint density at radius 2 is 1.95 bits per heavy atom. The highest BCUT2D eigenvalue weighted by atomic mass is 32.2. The van der Waals surface area contributed by atoms with E-state index in [2.05, 4.69) is 11.1 Å². The van der Waals surface area contributed by atoms with Crippen LogP contribution < -0.4 is 4.74 Å². The number of hydrogen-bond acceptors (Lipinski definition) is 7. The van der Waals surface area contributed by atoms with Crippen molar-refractivity contribution in [2.24, 2.45) is 0 Å². The van der Waals surface area contributed by atoms with E-state index in [1.54, 1.807) is 42.7 Å². The number of carbonyl (C=O) groups excluding carboxylic acids is 1. The molecule has 2 aromatic carbocycles. The van der Waals surface area contributed by atoms with Gasteiger partial charge in [0.15, 0.2) is 0 Å². The summed E-state index contributed by atoms with van der Waals surface area (Å²) in [6, 6.07) is 16.3. The van der Waals surface area contributed by atoms with E-state index in [0.717, 1.165) is 27.5 Å². The van der Waals surface area contributed by atoms with E-state index < -0.39 is 23.8 Å². The van der Waals surface area contributed by atoms with E-state index in [-0.39, 0.29) is 24.8 Å². The topological polar surface area (TPSA) is 109 Å². The van der Waals surface area contributed by atoms with Crippen molar-refractivity contribution in [3.63, 3.8) is 0 Å². The molecule has 0 fully saturated rings. The van der Waals surface area contributed by atoms with E-state index in [1.807, 2.05) is 39.0 Å². The molecule has 1 amide bonds. The highest BCUT2D eigenvalue weighted by Gasteiger charge is 2.29. The summed E-state index contributed by atoms with van der Waals surface area (Å²) in [5, 5.41) is 20.0. The van der Waals surface area contributed by atoms with Gasteiger partial charge in [-0.05, 0) is 81.6 Å². The second-order valence-electron chi connectivity index (χ2n) is 10.2. The standard InChI is InChI=1S/C29H32N2O6S/c1-29(2,3)37-28(35)31(18-25(32)21-7-5-13-30-16-21)17-22-10-9-19-14-24(11-12-26(19)36-22)38-23-8-4-6-20(15-23)27(33)34/h4-8,11-16,22,25,32H,9-10,17-18H2,1-3H3,(H,33,34)/t22-,25+/m1/s1. The monoisotopic (exact) mass is 536 g/mol. The van der Waals surface area contributed by atoms with Gasteiger partial charge in [0.05, 0.1) is 24.8 Å². The molecule has 0 aliphatic carbocycles. The number of fused-ring (bicyclic) bond motifs is 1. The van der Waals surface area contributed by atoms with Crippen LogP contribution in [0.3, 0.4) is 0 Å². The minimum atomic E-state index is -0.953. The maximum absolute atomic E-state index is 13.0. The van der Waals surface area contributed by atoms with Crippen molar-refractivity contribution in [3.8, 4) is 5.75 Å². The summed E-state index contributed by atoms with van der Waals surface area (Å²) in [7, 11) is 0. The Kier molecular flexibility index (Phi) is 8.58. The molecule has 38 heavy (non-hydrogen) atoms. The summed E-state index contributed by atoms with van der Waals surface area (Å²) >= 11 is 1.50. The Bertz CT molecular complexity index is 1280. The number of rotatable bonds is 8. The summed E-state index contributed by atoms with van der Waals surface area (Å²) in [5.74, 6) is -0.201. The van der Waals surface area contributed by atoms with Crippen LogP contribution in [0.4, 0.5) is 4.79 Å². The van der Waals surface area contributed by atoms with Gasteiger partial charge in [-0.3, -0.25) is 4.98 Å². The van der Waals surface area contributed by atoms with Gasteiger partial charge in [0.1, 0.15) is 17.5 Å². The molecule has 0 spiro atoms. The van der Waals surface area contributed by atoms with Gasteiger partial charge >= 0.3 is 12.1 Å². The van der Waals surface area contributed by atoms with E-state index in [1.165, 1.54) is 16.7 Å². The predicted molar refractivity (Wildman–Crippen MR) is 144 cm³/mol. The fourth-order valence-corrected chi connectivity index (χ4v) is 5.07. The molecule has 0 unspecified atom stereocenters. The zero-order valence-electron chi connectivity index (χ0n) is 21.7. The molecule has 2 N–H and O–H groups in total. The van der Waals surface area contributed by atoms with E-state index >= 15 is 0 Å². The van der Waals surface area contributed by atoms with Crippen LogP contribution >= 0.6 is 11.8 Å². The fourth-order valence-electron chi connectivity index (χ4n) is 4.13. The zero-order chi connectivity index (χ0) is 27.3. The summed E-state index contributed by atoms with van der Waals surface area (Å²) in [4.78, 5) is 31.7. The van der Waals surface area contributed by atoms with E-state index in [0.29, 0.717) is 12.0 Å². The first-order valence-electron chi connectivity index (χ1n) is 12.4. The lowest BCUT2D eigenvalue weighted by Gasteiger charge is -2.33. The van der Waals surface area contributed by atoms with Gasteiger partial charge in [-0.25, -0.2) is 9.59 Å². The molecule has 3 aromatic rings. The summed E-state index contributed by atoms with van der Waals surface area (Å²) in [6.07, 6.45) is 2.98. The maximum Gasteiger partial charge on any atom is 0.410 e. The molecule has 1 aliphatic heterocycles. The third-order valence-electron chi connectivity index (χ3n) is 5.92. The van der Waals surface area contributed by atoms with Gasteiger partial charge in [-0.15, -0.1) is 0 Å². The molecule has 4 rings (SSSR count). The molecule has 0 radical (unpaired) electrons. The molecule has 2 heterocycles. The lowest BCUT2D eigenvalue weighted by molar-refractivity contribution is 0.00363.